The molecule has 2 aromatic rings. The highest BCUT2D eigenvalue weighted by Crippen LogP contribution is 2.17. The number of amides is 1. The molecule has 0 saturated heterocycles. The lowest BCUT2D eigenvalue weighted by molar-refractivity contribution is -0.117. The Morgan fingerprint density at radius 1 is 1.15 bits per heavy atom. The van der Waals surface area contributed by atoms with E-state index in [2.05, 4.69) is 5.32 Å². The molecule has 20 heavy (non-hydrogen) atoms. The number of ketones is 1. The first-order chi connectivity index (χ1) is 9.49. The summed E-state index contributed by atoms with van der Waals surface area (Å²) in [5.41, 5.74) is 3.20. The predicted molar refractivity (Wildman–Crippen MR) is 75.5 cm³/mol. The van der Waals surface area contributed by atoms with Crippen LogP contribution in [0.25, 0.3) is 0 Å². The number of carbonyl (C=O) groups excluding carboxylic acids is 2. The largest absolute Gasteiger partial charge is 0.467 e. The third-order valence-corrected chi connectivity index (χ3v) is 3.11. The summed E-state index contributed by atoms with van der Waals surface area (Å²) in [6.45, 7) is 5.85. The number of benzene rings is 1. The summed E-state index contributed by atoms with van der Waals surface area (Å²) in [7, 11) is 0. The molecular weight excluding hydrogens is 254 g/mol. The average molecular weight is 271 g/mol. The van der Waals surface area contributed by atoms with Gasteiger partial charge in [-0.3, -0.25) is 9.59 Å². The minimum Gasteiger partial charge on any atom is -0.467 e. The first kappa shape index (κ1) is 14.1. The zero-order valence-electron chi connectivity index (χ0n) is 11.8. The quantitative estimate of drug-likeness (QED) is 0.687. The van der Waals surface area contributed by atoms with Crippen LogP contribution in [-0.2, 0) is 11.3 Å². The Hall–Kier alpha value is -2.36. The topological polar surface area (TPSA) is 59.3 Å². The van der Waals surface area contributed by atoms with E-state index >= 15 is 0 Å². The Morgan fingerprint density at radius 3 is 2.35 bits per heavy atom. The number of aryl methyl sites for hydroxylation is 3. The summed E-state index contributed by atoms with van der Waals surface area (Å²) in [5, 5.41) is 2.57. The van der Waals surface area contributed by atoms with Crippen LogP contribution < -0.4 is 5.32 Å². The Labute approximate surface area is 117 Å². The van der Waals surface area contributed by atoms with E-state index in [0.717, 1.165) is 16.7 Å². The number of carbonyl (C=O) groups is 2. The molecule has 0 bridgehead atoms. The summed E-state index contributed by atoms with van der Waals surface area (Å²) in [5.74, 6) is -0.508. The van der Waals surface area contributed by atoms with Crippen molar-refractivity contribution in [2.24, 2.45) is 0 Å². The van der Waals surface area contributed by atoms with Crippen LogP contribution in [0.5, 0.6) is 0 Å². The normalized spacial score (nSPS) is 10.3. The summed E-state index contributed by atoms with van der Waals surface area (Å²) in [4.78, 5) is 24.1. The van der Waals surface area contributed by atoms with Gasteiger partial charge in [0.25, 0.3) is 11.7 Å². The van der Waals surface area contributed by atoms with Crippen LogP contribution in [0.3, 0.4) is 0 Å². The standard InChI is InChI=1S/C16H17NO3/c1-10-7-11(2)14(12(3)8-10)15(18)16(19)17-9-13-5-4-6-20-13/h4-8H,9H2,1-3H3,(H,17,19). The fraction of sp³-hybridized carbons (Fsp3) is 0.250. The number of hydrogen-bond donors (Lipinski definition) is 1. The Balaban J connectivity index is 2.13. The molecule has 0 atom stereocenters. The third-order valence-electron chi connectivity index (χ3n) is 3.11. The summed E-state index contributed by atoms with van der Waals surface area (Å²) < 4.78 is 5.11. The van der Waals surface area contributed by atoms with E-state index in [9.17, 15) is 9.59 Å². The van der Waals surface area contributed by atoms with Crippen LogP contribution in [0.4, 0.5) is 0 Å². The lowest BCUT2D eigenvalue weighted by atomic mass is 9.96. The van der Waals surface area contributed by atoms with Gasteiger partial charge in [0.2, 0.25) is 0 Å². The molecule has 0 spiro atoms. The number of rotatable bonds is 4. The molecular formula is C16H17NO3. The van der Waals surface area contributed by atoms with Crippen LogP contribution in [0.15, 0.2) is 34.9 Å². The number of furan rings is 1. The minimum absolute atomic E-state index is 0.210. The molecule has 1 heterocycles. The molecule has 0 unspecified atom stereocenters. The molecule has 0 saturated carbocycles. The van der Waals surface area contributed by atoms with Crippen molar-refractivity contribution in [1.82, 2.24) is 5.32 Å². The second-order valence-corrected chi connectivity index (χ2v) is 4.86. The molecule has 0 aliphatic heterocycles. The Morgan fingerprint density at radius 2 is 1.80 bits per heavy atom. The number of Topliss-reactive ketones (excluding diaryl/α,β-unsaturated/α-hetero) is 1. The van der Waals surface area contributed by atoms with E-state index in [1.54, 1.807) is 12.1 Å². The molecule has 0 radical (unpaired) electrons. The maximum absolute atomic E-state index is 12.2. The SMILES string of the molecule is Cc1cc(C)c(C(=O)C(=O)NCc2ccco2)c(C)c1. The molecule has 1 amide bonds. The fourth-order valence-electron chi connectivity index (χ4n) is 2.31. The third kappa shape index (κ3) is 2.96. The Kier molecular flexibility index (Phi) is 4.03. The second-order valence-electron chi connectivity index (χ2n) is 4.86. The summed E-state index contributed by atoms with van der Waals surface area (Å²) in [6.07, 6.45) is 1.53. The molecule has 0 fully saturated rings. The summed E-state index contributed by atoms with van der Waals surface area (Å²) >= 11 is 0. The van der Waals surface area contributed by atoms with E-state index < -0.39 is 11.7 Å². The van der Waals surface area contributed by atoms with Crippen LogP contribution in [-0.4, -0.2) is 11.7 Å². The van der Waals surface area contributed by atoms with Gasteiger partial charge >= 0.3 is 0 Å². The van der Waals surface area contributed by atoms with Gasteiger partial charge in [-0.15, -0.1) is 0 Å². The van der Waals surface area contributed by atoms with Crippen LogP contribution in [0, 0.1) is 20.8 Å². The Bertz CT molecular complexity index is 619. The van der Waals surface area contributed by atoms with Crippen molar-refractivity contribution in [2.75, 3.05) is 0 Å². The van der Waals surface area contributed by atoms with Gasteiger partial charge in [0.15, 0.2) is 0 Å². The average Bonchev–Trinajstić information content (AvgIpc) is 2.87. The lowest BCUT2D eigenvalue weighted by Gasteiger charge is -2.10. The highest BCUT2D eigenvalue weighted by atomic mass is 16.3. The van der Waals surface area contributed by atoms with Gasteiger partial charge in [0, 0.05) is 5.56 Å². The first-order valence-corrected chi connectivity index (χ1v) is 6.42. The zero-order valence-corrected chi connectivity index (χ0v) is 11.8. The molecule has 4 heteroatoms. The monoisotopic (exact) mass is 271 g/mol. The molecule has 104 valence electrons. The van der Waals surface area contributed by atoms with Gasteiger partial charge < -0.3 is 9.73 Å². The highest BCUT2D eigenvalue weighted by molar-refractivity contribution is 6.43. The smallest absolute Gasteiger partial charge is 0.292 e. The van der Waals surface area contributed by atoms with Crippen molar-refractivity contribution in [3.05, 3.63) is 58.5 Å². The zero-order chi connectivity index (χ0) is 14.7. The van der Waals surface area contributed by atoms with E-state index in [0.29, 0.717) is 11.3 Å². The maximum Gasteiger partial charge on any atom is 0.292 e. The lowest BCUT2D eigenvalue weighted by Crippen LogP contribution is -2.31. The van der Waals surface area contributed by atoms with Gasteiger partial charge in [0.05, 0.1) is 12.8 Å². The van der Waals surface area contributed by atoms with Gasteiger partial charge in [-0.05, 0) is 44.0 Å². The van der Waals surface area contributed by atoms with E-state index in [1.165, 1.54) is 6.26 Å². The van der Waals surface area contributed by atoms with E-state index in [4.69, 9.17) is 4.42 Å². The molecule has 0 aliphatic carbocycles. The molecule has 1 aromatic heterocycles. The number of hydrogen-bond acceptors (Lipinski definition) is 3. The highest BCUT2D eigenvalue weighted by Gasteiger charge is 2.20. The summed E-state index contributed by atoms with van der Waals surface area (Å²) in [6, 6.07) is 7.28. The van der Waals surface area contributed by atoms with Crippen LogP contribution in [0.2, 0.25) is 0 Å². The first-order valence-electron chi connectivity index (χ1n) is 6.42. The predicted octanol–water partition coefficient (Wildman–Crippen LogP) is 2.70. The van der Waals surface area contributed by atoms with Crippen molar-refractivity contribution in [3.63, 3.8) is 0 Å². The molecule has 1 aromatic carbocycles. The molecule has 1 N–H and O–H groups in total. The van der Waals surface area contributed by atoms with Gasteiger partial charge in [-0.1, -0.05) is 17.7 Å². The van der Waals surface area contributed by atoms with Crippen molar-refractivity contribution in [1.29, 1.82) is 0 Å². The van der Waals surface area contributed by atoms with Crippen molar-refractivity contribution in [2.45, 2.75) is 27.3 Å². The van der Waals surface area contributed by atoms with E-state index in [-0.39, 0.29) is 6.54 Å². The minimum atomic E-state index is -0.614. The van der Waals surface area contributed by atoms with Crippen LogP contribution >= 0.6 is 0 Å². The maximum atomic E-state index is 12.2. The molecule has 0 aliphatic rings. The molecule has 2 rings (SSSR count). The number of nitrogens with one attached hydrogen (secondary N) is 1. The fourth-order valence-corrected chi connectivity index (χ4v) is 2.31. The van der Waals surface area contributed by atoms with Crippen molar-refractivity contribution in [3.8, 4) is 0 Å². The second kappa shape index (κ2) is 5.74. The molecule has 4 nitrogen and oxygen atoms in total. The van der Waals surface area contributed by atoms with Gasteiger partial charge in [-0.25, -0.2) is 0 Å². The van der Waals surface area contributed by atoms with Crippen LogP contribution in [0.1, 0.15) is 32.8 Å². The van der Waals surface area contributed by atoms with Gasteiger partial charge in [-0.2, -0.15) is 0 Å². The van der Waals surface area contributed by atoms with Crippen molar-refractivity contribution < 1.29 is 14.0 Å². The van der Waals surface area contributed by atoms with E-state index in [1.807, 2.05) is 32.9 Å². The van der Waals surface area contributed by atoms with Crippen molar-refractivity contribution >= 4 is 11.7 Å². The van der Waals surface area contributed by atoms with Gasteiger partial charge in [0.1, 0.15) is 5.76 Å².